The van der Waals surface area contributed by atoms with E-state index in [0.29, 0.717) is 5.75 Å². The number of phenolic OH excluding ortho intramolecular Hbond substituents is 1. The lowest BCUT2D eigenvalue weighted by Gasteiger charge is -2.04. The highest BCUT2D eigenvalue weighted by atomic mass is 16.3. The van der Waals surface area contributed by atoms with Gasteiger partial charge in [-0.25, -0.2) is 0 Å². The van der Waals surface area contributed by atoms with Gasteiger partial charge in [0.15, 0.2) is 0 Å². The summed E-state index contributed by atoms with van der Waals surface area (Å²) in [6, 6.07) is 7.65. The molecule has 0 fully saturated rings. The highest BCUT2D eigenvalue weighted by molar-refractivity contribution is 5.67. The second-order valence-electron chi connectivity index (χ2n) is 4.17. The van der Waals surface area contributed by atoms with E-state index in [1.165, 1.54) is 5.56 Å². The van der Waals surface area contributed by atoms with E-state index >= 15 is 0 Å². The van der Waals surface area contributed by atoms with Crippen molar-refractivity contribution in [3.8, 4) is 17.0 Å². The molecule has 2 rings (SSSR count). The molecule has 0 aliphatic rings. The molecule has 0 saturated heterocycles. The van der Waals surface area contributed by atoms with Gasteiger partial charge in [0, 0.05) is 18.3 Å². The summed E-state index contributed by atoms with van der Waals surface area (Å²) in [5, 5.41) is 14.3. The third-order valence-electron chi connectivity index (χ3n) is 2.84. The lowest BCUT2D eigenvalue weighted by atomic mass is 10.1. The van der Waals surface area contributed by atoms with Crippen LogP contribution in [-0.2, 0) is 13.0 Å². The molecule has 1 aromatic heterocycles. The van der Waals surface area contributed by atoms with Crippen LogP contribution in [-0.4, -0.2) is 14.9 Å². The van der Waals surface area contributed by atoms with Crippen LogP contribution in [0.2, 0.25) is 0 Å². The van der Waals surface area contributed by atoms with Gasteiger partial charge >= 0.3 is 0 Å². The van der Waals surface area contributed by atoms with Crippen molar-refractivity contribution in [2.75, 3.05) is 0 Å². The lowest BCUT2D eigenvalue weighted by Crippen LogP contribution is -1.97. The van der Waals surface area contributed by atoms with E-state index in [4.69, 9.17) is 0 Å². The highest BCUT2D eigenvalue weighted by Crippen LogP contribution is 2.28. The van der Waals surface area contributed by atoms with Crippen molar-refractivity contribution in [2.24, 2.45) is 0 Å². The average Bonchev–Trinajstić information content (AvgIpc) is 2.79. The SMILES string of the molecule is CCCn1ccc(-c2cc(CC)ccc2O)n1. The van der Waals surface area contributed by atoms with Crippen LogP contribution in [0.5, 0.6) is 5.75 Å². The number of hydrogen-bond acceptors (Lipinski definition) is 2. The number of nitrogens with zero attached hydrogens (tertiary/aromatic N) is 2. The number of rotatable bonds is 4. The molecule has 0 amide bonds. The Kier molecular flexibility index (Phi) is 3.47. The van der Waals surface area contributed by atoms with Crippen molar-refractivity contribution >= 4 is 0 Å². The predicted molar refractivity (Wildman–Crippen MR) is 69.0 cm³/mol. The molecule has 0 spiro atoms. The first-order valence-electron chi connectivity index (χ1n) is 6.10. The van der Waals surface area contributed by atoms with E-state index in [1.54, 1.807) is 6.07 Å². The molecule has 17 heavy (non-hydrogen) atoms. The summed E-state index contributed by atoms with van der Waals surface area (Å²) in [6.07, 6.45) is 3.97. The molecule has 1 heterocycles. The number of aromatic nitrogens is 2. The van der Waals surface area contributed by atoms with Crippen molar-refractivity contribution in [2.45, 2.75) is 33.2 Å². The Labute approximate surface area is 102 Å². The summed E-state index contributed by atoms with van der Waals surface area (Å²) in [4.78, 5) is 0. The van der Waals surface area contributed by atoms with Gasteiger partial charge in [-0.1, -0.05) is 19.9 Å². The molecule has 2 aromatic rings. The first-order chi connectivity index (χ1) is 8.24. The molecule has 0 bridgehead atoms. The van der Waals surface area contributed by atoms with Gasteiger partial charge in [0.25, 0.3) is 0 Å². The van der Waals surface area contributed by atoms with E-state index in [1.807, 2.05) is 29.1 Å². The van der Waals surface area contributed by atoms with Crippen molar-refractivity contribution in [3.05, 3.63) is 36.0 Å². The first kappa shape index (κ1) is 11.7. The standard InChI is InChI=1S/C14H18N2O/c1-3-8-16-9-7-13(15-16)12-10-11(4-2)5-6-14(12)17/h5-7,9-10,17H,3-4,8H2,1-2H3. The predicted octanol–water partition coefficient (Wildman–Crippen LogP) is 3.23. The molecule has 3 nitrogen and oxygen atoms in total. The average molecular weight is 230 g/mol. The monoisotopic (exact) mass is 230 g/mol. The van der Waals surface area contributed by atoms with Crippen LogP contribution in [0.4, 0.5) is 0 Å². The topological polar surface area (TPSA) is 38.0 Å². The minimum absolute atomic E-state index is 0.295. The molecular formula is C14H18N2O. The van der Waals surface area contributed by atoms with E-state index in [9.17, 15) is 5.11 Å². The van der Waals surface area contributed by atoms with Gasteiger partial charge in [-0.3, -0.25) is 4.68 Å². The zero-order valence-electron chi connectivity index (χ0n) is 10.3. The fourth-order valence-corrected chi connectivity index (χ4v) is 1.87. The molecule has 1 aromatic carbocycles. The number of aryl methyl sites for hydroxylation is 2. The van der Waals surface area contributed by atoms with Crippen LogP contribution in [0.25, 0.3) is 11.3 Å². The minimum Gasteiger partial charge on any atom is -0.507 e. The van der Waals surface area contributed by atoms with Crippen molar-refractivity contribution < 1.29 is 5.11 Å². The Bertz CT molecular complexity index is 503. The Balaban J connectivity index is 2.37. The number of benzene rings is 1. The van der Waals surface area contributed by atoms with Gasteiger partial charge in [-0.15, -0.1) is 0 Å². The number of phenols is 1. The van der Waals surface area contributed by atoms with Crippen molar-refractivity contribution in [3.63, 3.8) is 0 Å². The van der Waals surface area contributed by atoms with Gasteiger partial charge < -0.3 is 5.11 Å². The maximum atomic E-state index is 9.87. The molecule has 0 unspecified atom stereocenters. The molecular weight excluding hydrogens is 212 g/mol. The van der Waals surface area contributed by atoms with Gasteiger partial charge in [0.05, 0.1) is 5.69 Å². The van der Waals surface area contributed by atoms with Crippen LogP contribution in [0, 0.1) is 0 Å². The molecule has 3 heteroatoms. The van der Waals surface area contributed by atoms with Crippen molar-refractivity contribution in [1.82, 2.24) is 9.78 Å². The van der Waals surface area contributed by atoms with E-state index < -0.39 is 0 Å². The molecule has 0 saturated carbocycles. The number of aromatic hydroxyl groups is 1. The normalized spacial score (nSPS) is 10.7. The Morgan fingerprint density at radius 1 is 1.24 bits per heavy atom. The van der Waals surface area contributed by atoms with Gasteiger partial charge in [-0.05, 0) is 36.6 Å². The first-order valence-corrected chi connectivity index (χ1v) is 6.10. The maximum absolute atomic E-state index is 9.87. The van der Waals surface area contributed by atoms with Gasteiger partial charge in [0.2, 0.25) is 0 Å². The fraction of sp³-hybridized carbons (Fsp3) is 0.357. The summed E-state index contributed by atoms with van der Waals surface area (Å²) in [5.41, 5.74) is 2.87. The Morgan fingerprint density at radius 2 is 2.06 bits per heavy atom. The molecule has 0 aliphatic carbocycles. The van der Waals surface area contributed by atoms with Crippen LogP contribution >= 0.6 is 0 Å². The van der Waals surface area contributed by atoms with Crippen LogP contribution in [0.15, 0.2) is 30.5 Å². The molecule has 1 N–H and O–H groups in total. The van der Waals surface area contributed by atoms with Crippen LogP contribution < -0.4 is 0 Å². The lowest BCUT2D eigenvalue weighted by molar-refractivity contribution is 0.476. The Hall–Kier alpha value is -1.77. The molecule has 0 radical (unpaired) electrons. The largest absolute Gasteiger partial charge is 0.507 e. The quantitative estimate of drug-likeness (QED) is 0.875. The number of hydrogen-bond donors (Lipinski definition) is 1. The van der Waals surface area contributed by atoms with Crippen LogP contribution in [0.3, 0.4) is 0 Å². The van der Waals surface area contributed by atoms with E-state index in [2.05, 4.69) is 18.9 Å². The fourth-order valence-electron chi connectivity index (χ4n) is 1.87. The zero-order valence-corrected chi connectivity index (χ0v) is 10.3. The molecule has 0 atom stereocenters. The second-order valence-corrected chi connectivity index (χ2v) is 4.17. The molecule has 0 aliphatic heterocycles. The maximum Gasteiger partial charge on any atom is 0.125 e. The third kappa shape index (κ3) is 2.49. The minimum atomic E-state index is 0.295. The van der Waals surface area contributed by atoms with E-state index in [0.717, 1.165) is 30.6 Å². The summed E-state index contributed by atoms with van der Waals surface area (Å²) < 4.78 is 1.91. The van der Waals surface area contributed by atoms with Gasteiger partial charge in [0.1, 0.15) is 5.75 Å². The third-order valence-corrected chi connectivity index (χ3v) is 2.84. The summed E-state index contributed by atoms with van der Waals surface area (Å²) in [5.74, 6) is 0.295. The summed E-state index contributed by atoms with van der Waals surface area (Å²) in [6.45, 7) is 5.14. The Morgan fingerprint density at radius 3 is 2.76 bits per heavy atom. The zero-order chi connectivity index (χ0) is 12.3. The molecule has 90 valence electrons. The van der Waals surface area contributed by atoms with Crippen molar-refractivity contribution in [1.29, 1.82) is 0 Å². The van der Waals surface area contributed by atoms with Crippen LogP contribution in [0.1, 0.15) is 25.8 Å². The second kappa shape index (κ2) is 5.04. The van der Waals surface area contributed by atoms with Gasteiger partial charge in [-0.2, -0.15) is 5.10 Å². The smallest absolute Gasteiger partial charge is 0.125 e. The van der Waals surface area contributed by atoms with E-state index in [-0.39, 0.29) is 0 Å². The summed E-state index contributed by atoms with van der Waals surface area (Å²) in [7, 11) is 0. The summed E-state index contributed by atoms with van der Waals surface area (Å²) >= 11 is 0. The highest BCUT2D eigenvalue weighted by Gasteiger charge is 2.08.